The lowest BCUT2D eigenvalue weighted by molar-refractivity contribution is -0.143. The zero-order valence-electron chi connectivity index (χ0n) is 14.3. The molecule has 28 heavy (non-hydrogen) atoms. The number of H-pyrrole nitrogens is 1. The Kier molecular flexibility index (Phi) is 5.38. The van der Waals surface area contributed by atoms with E-state index in [4.69, 9.17) is 5.26 Å². The maximum Gasteiger partial charge on any atom is 0.432 e. The minimum atomic E-state index is -5.21. The first-order valence-electron chi connectivity index (χ1n) is 7.47. The smallest absolute Gasteiger partial charge is 0.292 e. The van der Waals surface area contributed by atoms with Gasteiger partial charge in [0.05, 0.1) is 22.6 Å². The molecule has 0 radical (unpaired) electrons. The molecule has 0 saturated carbocycles. The zero-order chi connectivity index (χ0) is 21.4. The Labute approximate surface area is 155 Å². The Hall–Kier alpha value is -3.14. The summed E-state index contributed by atoms with van der Waals surface area (Å²) < 4.78 is 80.4. The van der Waals surface area contributed by atoms with Crippen molar-refractivity contribution >= 4 is 15.7 Å². The van der Waals surface area contributed by atoms with E-state index in [9.17, 15) is 35.6 Å². The van der Waals surface area contributed by atoms with Crippen LogP contribution in [0.15, 0.2) is 21.7 Å². The maximum absolute atomic E-state index is 14.5. The van der Waals surface area contributed by atoms with Crippen LogP contribution in [0, 0.1) is 17.1 Å². The third-order valence-electron chi connectivity index (χ3n) is 3.74. The molecule has 2 aromatic rings. The van der Waals surface area contributed by atoms with Crippen molar-refractivity contribution in [2.75, 3.05) is 10.5 Å². The van der Waals surface area contributed by atoms with Gasteiger partial charge in [-0.1, -0.05) is 0 Å². The predicted molar refractivity (Wildman–Crippen MR) is 90.5 cm³/mol. The number of aromatic amines is 1. The molecule has 13 heteroatoms. The van der Waals surface area contributed by atoms with Gasteiger partial charge in [-0.2, -0.15) is 18.4 Å². The second kappa shape index (κ2) is 7.12. The topological polar surface area (TPSA) is 125 Å². The molecule has 2 N–H and O–H groups in total. The van der Waals surface area contributed by atoms with E-state index in [0.29, 0.717) is 12.1 Å². The van der Waals surface area contributed by atoms with Gasteiger partial charge in [-0.3, -0.25) is 19.1 Å². The van der Waals surface area contributed by atoms with Gasteiger partial charge in [-0.15, -0.1) is 0 Å². The Bertz CT molecular complexity index is 1210. The first kappa shape index (κ1) is 21.2. The summed E-state index contributed by atoms with van der Waals surface area (Å²) in [6.07, 6.45) is -5.21. The number of benzene rings is 1. The highest BCUT2D eigenvalue weighted by atomic mass is 32.2. The van der Waals surface area contributed by atoms with Crippen LogP contribution in [0.3, 0.4) is 0 Å². The molecule has 0 aliphatic heterocycles. The number of nitriles is 1. The Morgan fingerprint density at radius 2 is 1.89 bits per heavy atom. The van der Waals surface area contributed by atoms with Crippen molar-refractivity contribution in [1.29, 1.82) is 5.26 Å². The number of nitrogens with zero attached hydrogens (tertiary/aromatic N) is 2. The summed E-state index contributed by atoms with van der Waals surface area (Å²) in [5, 5.41) is 9.05. The van der Waals surface area contributed by atoms with Crippen LogP contribution in [0.25, 0.3) is 11.1 Å². The molecule has 0 amide bonds. The number of alkyl halides is 3. The molecule has 0 saturated heterocycles. The fraction of sp³-hybridized carbons (Fsp3) is 0.267. The summed E-state index contributed by atoms with van der Waals surface area (Å²) in [4.78, 5) is 25.3. The quantitative estimate of drug-likeness (QED) is 0.726. The predicted octanol–water partition coefficient (Wildman–Crippen LogP) is 1.53. The van der Waals surface area contributed by atoms with Crippen LogP contribution >= 0.6 is 0 Å². The molecule has 0 spiro atoms. The number of hydrogen-bond donors (Lipinski definition) is 2. The number of anilines is 1. The molecule has 0 atom stereocenters. The third kappa shape index (κ3) is 3.91. The molecule has 150 valence electrons. The van der Waals surface area contributed by atoms with Crippen LogP contribution in [0.1, 0.15) is 18.2 Å². The first-order chi connectivity index (χ1) is 12.8. The average molecular weight is 420 g/mol. The number of nitrogens with one attached hydrogen (secondary N) is 2. The van der Waals surface area contributed by atoms with Gasteiger partial charge < -0.3 is 0 Å². The van der Waals surface area contributed by atoms with Crippen LogP contribution in [0.5, 0.6) is 0 Å². The van der Waals surface area contributed by atoms with Crippen LogP contribution < -0.4 is 16.0 Å². The average Bonchev–Trinajstić information content (AvgIpc) is 2.58. The maximum atomic E-state index is 14.5. The molecule has 1 heterocycles. The minimum absolute atomic E-state index is 0.0876. The van der Waals surface area contributed by atoms with Crippen molar-refractivity contribution in [3.8, 4) is 17.2 Å². The molecule has 2 rings (SSSR count). The monoisotopic (exact) mass is 420 g/mol. The zero-order valence-corrected chi connectivity index (χ0v) is 15.1. The van der Waals surface area contributed by atoms with E-state index in [1.165, 1.54) is 13.0 Å². The Morgan fingerprint density at radius 3 is 2.39 bits per heavy atom. The van der Waals surface area contributed by atoms with Crippen molar-refractivity contribution in [3.63, 3.8) is 0 Å². The van der Waals surface area contributed by atoms with Gasteiger partial charge in [0.25, 0.3) is 5.56 Å². The summed E-state index contributed by atoms with van der Waals surface area (Å²) in [6.45, 7) is 1.26. The lowest BCUT2D eigenvalue weighted by Gasteiger charge is -2.17. The van der Waals surface area contributed by atoms with Gasteiger partial charge in [0, 0.05) is 12.6 Å². The van der Waals surface area contributed by atoms with E-state index >= 15 is 0 Å². The standard InChI is InChI=1S/C15H12F4N4O4S/c1-3-28(26,27)22-10-5-8(9(16)4-7(10)6-20)11-12(15(17,18)19)23(2)14(25)21-13(11)24/h4-5,22H,3H2,1-2H3,(H,21,24,25). The van der Waals surface area contributed by atoms with Gasteiger partial charge in [-0.05, 0) is 19.1 Å². The summed E-state index contributed by atoms with van der Waals surface area (Å²) in [5.41, 5.74) is -7.81. The van der Waals surface area contributed by atoms with E-state index in [0.717, 1.165) is 7.05 Å². The molecular formula is C15H12F4N4O4S. The molecule has 0 aliphatic rings. The fourth-order valence-corrected chi connectivity index (χ4v) is 3.03. The van der Waals surface area contributed by atoms with Crippen LogP contribution in [0.4, 0.5) is 23.2 Å². The van der Waals surface area contributed by atoms with Crippen LogP contribution in [-0.2, 0) is 23.2 Å². The molecule has 0 aliphatic carbocycles. The molecule has 1 aromatic carbocycles. The number of rotatable bonds is 4. The summed E-state index contributed by atoms with van der Waals surface area (Å²) in [6, 6.07) is 2.61. The Morgan fingerprint density at radius 1 is 1.29 bits per heavy atom. The minimum Gasteiger partial charge on any atom is -0.292 e. The van der Waals surface area contributed by atoms with Crippen LogP contribution in [0.2, 0.25) is 0 Å². The normalized spacial score (nSPS) is 11.9. The Balaban J connectivity index is 2.95. The van der Waals surface area contributed by atoms with Crippen LogP contribution in [-0.4, -0.2) is 23.7 Å². The lowest BCUT2D eigenvalue weighted by atomic mass is 10.0. The third-order valence-corrected chi connectivity index (χ3v) is 5.03. The van der Waals surface area contributed by atoms with E-state index < -0.39 is 67.1 Å². The van der Waals surface area contributed by atoms with Crippen molar-refractivity contribution in [1.82, 2.24) is 9.55 Å². The van der Waals surface area contributed by atoms with Crippen molar-refractivity contribution in [2.24, 2.45) is 7.05 Å². The van der Waals surface area contributed by atoms with Gasteiger partial charge in [-0.25, -0.2) is 17.6 Å². The number of sulfonamides is 1. The van der Waals surface area contributed by atoms with Gasteiger partial charge in [0.15, 0.2) is 0 Å². The van der Waals surface area contributed by atoms with Crippen molar-refractivity contribution in [2.45, 2.75) is 13.1 Å². The second-order valence-electron chi connectivity index (χ2n) is 5.53. The van der Waals surface area contributed by atoms with E-state index in [-0.39, 0.29) is 4.57 Å². The largest absolute Gasteiger partial charge is 0.432 e. The number of aromatic nitrogens is 2. The van der Waals surface area contributed by atoms with Crippen molar-refractivity contribution in [3.05, 3.63) is 50.0 Å². The molecule has 8 nitrogen and oxygen atoms in total. The summed E-state index contributed by atoms with van der Waals surface area (Å²) in [7, 11) is -3.24. The molecule has 0 fully saturated rings. The second-order valence-corrected chi connectivity index (χ2v) is 7.55. The molecule has 0 bridgehead atoms. The van der Waals surface area contributed by atoms with Gasteiger partial charge in [0.2, 0.25) is 10.0 Å². The number of hydrogen-bond acceptors (Lipinski definition) is 5. The van der Waals surface area contributed by atoms with Gasteiger partial charge in [0.1, 0.15) is 17.6 Å². The number of halogens is 4. The molecule has 0 unspecified atom stereocenters. The highest BCUT2D eigenvalue weighted by molar-refractivity contribution is 7.92. The first-order valence-corrected chi connectivity index (χ1v) is 9.12. The van der Waals surface area contributed by atoms with E-state index in [2.05, 4.69) is 0 Å². The van der Waals surface area contributed by atoms with E-state index in [1.807, 2.05) is 4.72 Å². The summed E-state index contributed by atoms with van der Waals surface area (Å²) >= 11 is 0. The fourth-order valence-electron chi connectivity index (χ4n) is 2.38. The van der Waals surface area contributed by atoms with Gasteiger partial charge >= 0.3 is 11.9 Å². The molecule has 1 aromatic heterocycles. The highest BCUT2D eigenvalue weighted by Crippen LogP contribution is 2.36. The lowest BCUT2D eigenvalue weighted by Crippen LogP contribution is -2.35. The SMILES string of the molecule is CCS(=O)(=O)Nc1cc(-c2c(C(F)(F)F)n(C)c(=O)[nH]c2=O)c(F)cc1C#N. The summed E-state index contributed by atoms with van der Waals surface area (Å²) in [5.74, 6) is -1.82. The highest BCUT2D eigenvalue weighted by Gasteiger charge is 2.39. The molecular weight excluding hydrogens is 408 g/mol. The van der Waals surface area contributed by atoms with Crippen molar-refractivity contribution < 1.29 is 26.0 Å². The van der Waals surface area contributed by atoms with E-state index in [1.54, 1.807) is 4.98 Å².